The van der Waals surface area contributed by atoms with Crippen LogP contribution in [-0.4, -0.2) is 0 Å². The van der Waals surface area contributed by atoms with Gasteiger partial charge in [-0.3, -0.25) is 0 Å². The van der Waals surface area contributed by atoms with Gasteiger partial charge in [0.15, 0.2) is 17.4 Å². The summed E-state index contributed by atoms with van der Waals surface area (Å²) >= 11 is 0. The lowest BCUT2D eigenvalue weighted by molar-refractivity contribution is 0.407. The fraction of sp³-hybridized carbons (Fsp3) is 0. The molecule has 0 bridgehead atoms. The first-order valence-corrected chi connectivity index (χ1v) is 4.35. The molecule has 0 saturated carbocycles. The molecule has 15 heavy (non-hydrogen) atoms. The van der Waals surface area contributed by atoms with Crippen LogP contribution < -0.4 is 4.74 Å². The van der Waals surface area contributed by atoms with Gasteiger partial charge < -0.3 is 4.74 Å². The Labute approximate surface area is 85.9 Å². The highest BCUT2D eigenvalue weighted by Crippen LogP contribution is 2.26. The average molecular weight is 205 g/mol. The fourth-order valence-corrected chi connectivity index (χ4v) is 1.14. The van der Waals surface area contributed by atoms with Crippen molar-refractivity contribution in [2.24, 2.45) is 0 Å². The highest BCUT2D eigenvalue weighted by molar-refractivity contribution is 5.32. The maximum Gasteiger partial charge on any atom is 0.198 e. The number of benzene rings is 2. The molecule has 0 unspecified atom stereocenters. The molecule has 75 valence electrons. The van der Waals surface area contributed by atoms with Gasteiger partial charge in [0.05, 0.1) is 0 Å². The third-order valence-electron chi connectivity index (χ3n) is 1.83. The molecule has 0 saturated heterocycles. The first kappa shape index (κ1) is 9.65. The van der Waals surface area contributed by atoms with Crippen LogP contribution in [0, 0.1) is 17.7 Å². The van der Waals surface area contributed by atoms with Gasteiger partial charge in [0.2, 0.25) is 0 Å². The SMILES string of the molecule is Fc1cccc(F)c1Oc1cc[c]cc1. The van der Waals surface area contributed by atoms with Crippen molar-refractivity contribution in [3.05, 3.63) is 60.2 Å². The van der Waals surface area contributed by atoms with E-state index in [9.17, 15) is 8.78 Å². The maximum absolute atomic E-state index is 13.2. The molecule has 0 aliphatic heterocycles. The molecular formula is C12H7F2O. The van der Waals surface area contributed by atoms with E-state index in [1.54, 1.807) is 24.3 Å². The molecule has 0 aromatic heterocycles. The summed E-state index contributed by atoms with van der Waals surface area (Å²) in [7, 11) is 0. The van der Waals surface area contributed by atoms with Gasteiger partial charge >= 0.3 is 0 Å². The van der Waals surface area contributed by atoms with Crippen molar-refractivity contribution in [3.8, 4) is 11.5 Å². The summed E-state index contributed by atoms with van der Waals surface area (Å²) in [5, 5.41) is 0. The summed E-state index contributed by atoms with van der Waals surface area (Å²) in [5.74, 6) is -1.45. The van der Waals surface area contributed by atoms with Crippen molar-refractivity contribution >= 4 is 0 Å². The highest BCUT2D eigenvalue weighted by atomic mass is 19.1. The summed E-state index contributed by atoms with van der Waals surface area (Å²) in [6, 6.07) is 12.7. The Balaban J connectivity index is 2.32. The van der Waals surface area contributed by atoms with Crippen molar-refractivity contribution in [1.29, 1.82) is 0 Å². The van der Waals surface area contributed by atoms with Crippen LogP contribution in [0.2, 0.25) is 0 Å². The Morgan fingerprint density at radius 1 is 0.933 bits per heavy atom. The van der Waals surface area contributed by atoms with Gasteiger partial charge in [0, 0.05) is 0 Å². The van der Waals surface area contributed by atoms with Crippen molar-refractivity contribution < 1.29 is 13.5 Å². The smallest absolute Gasteiger partial charge is 0.198 e. The van der Waals surface area contributed by atoms with E-state index in [2.05, 4.69) is 6.07 Å². The van der Waals surface area contributed by atoms with Crippen LogP contribution >= 0.6 is 0 Å². The molecule has 0 heterocycles. The number of para-hydroxylation sites is 1. The average Bonchev–Trinajstić information content (AvgIpc) is 2.25. The predicted molar refractivity (Wildman–Crippen MR) is 51.7 cm³/mol. The minimum Gasteiger partial charge on any atom is -0.451 e. The molecular weight excluding hydrogens is 198 g/mol. The standard InChI is InChI=1S/C12H7F2O/c13-10-7-4-8-11(14)12(10)15-9-5-2-1-3-6-9/h2-8H. The third-order valence-corrected chi connectivity index (χ3v) is 1.83. The monoisotopic (exact) mass is 205 g/mol. The summed E-state index contributed by atoms with van der Waals surface area (Å²) in [5.41, 5.74) is 0. The van der Waals surface area contributed by atoms with Gasteiger partial charge in [0.25, 0.3) is 0 Å². The van der Waals surface area contributed by atoms with Crippen LogP contribution in [0.1, 0.15) is 0 Å². The lowest BCUT2D eigenvalue weighted by Gasteiger charge is -2.06. The van der Waals surface area contributed by atoms with E-state index in [-0.39, 0.29) is 5.75 Å². The largest absolute Gasteiger partial charge is 0.451 e. The molecule has 0 aliphatic carbocycles. The van der Waals surface area contributed by atoms with Crippen LogP contribution in [0.4, 0.5) is 8.78 Å². The molecule has 3 heteroatoms. The Morgan fingerprint density at radius 3 is 2.13 bits per heavy atom. The van der Waals surface area contributed by atoms with E-state index in [4.69, 9.17) is 4.74 Å². The van der Waals surface area contributed by atoms with Gasteiger partial charge in [-0.2, -0.15) is 0 Å². The van der Waals surface area contributed by atoms with Gasteiger partial charge in [-0.15, -0.1) is 0 Å². The zero-order valence-corrected chi connectivity index (χ0v) is 7.71. The van der Waals surface area contributed by atoms with Crippen LogP contribution in [0.5, 0.6) is 11.5 Å². The first-order chi connectivity index (χ1) is 7.27. The Bertz CT molecular complexity index is 434. The maximum atomic E-state index is 13.2. The predicted octanol–water partition coefficient (Wildman–Crippen LogP) is 3.56. The zero-order chi connectivity index (χ0) is 10.7. The van der Waals surface area contributed by atoms with Crippen molar-refractivity contribution in [1.82, 2.24) is 0 Å². The van der Waals surface area contributed by atoms with E-state index in [1.807, 2.05) is 0 Å². The zero-order valence-electron chi connectivity index (χ0n) is 7.71. The molecule has 0 atom stereocenters. The molecule has 2 rings (SSSR count). The van der Waals surface area contributed by atoms with Crippen molar-refractivity contribution in [2.75, 3.05) is 0 Å². The number of rotatable bonds is 2. The number of hydrogen-bond acceptors (Lipinski definition) is 1. The first-order valence-electron chi connectivity index (χ1n) is 4.35. The molecule has 0 amide bonds. The quantitative estimate of drug-likeness (QED) is 0.728. The molecule has 1 nitrogen and oxygen atoms in total. The molecule has 0 fully saturated rings. The van der Waals surface area contributed by atoms with Crippen molar-refractivity contribution in [2.45, 2.75) is 0 Å². The van der Waals surface area contributed by atoms with Gasteiger partial charge in [0.1, 0.15) is 5.75 Å². The van der Waals surface area contributed by atoms with Crippen LogP contribution in [0.15, 0.2) is 42.5 Å². The van der Waals surface area contributed by atoms with Gasteiger partial charge in [-0.25, -0.2) is 8.78 Å². The van der Waals surface area contributed by atoms with E-state index in [1.165, 1.54) is 6.07 Å². The van der Waals surface area contributed by atoms with Gasteiger partial charge in [-0.1, -0.05) is 18.2 Å². The summed E-state index contributed by atoms with van der Waals surface area (Å²) in [4.78, 5) is 0. The number of halogens is 2. The molecule has 2 aromatic rings. The molecule has 1 radical (unpaired) electrons. The highest BCUT2D eigenvalue weighted by Gasteiger charge is 2.09. The van der Waals surface area contributed by atoms with E-state index < -0.39 is 11.6 Å². The topological polar surface area (TPSA) is 9.23 Å². The van der Waals surface area contributed by atoms with E-state index in [0.717, 1.165) is 12.1 Å². The lowest BCUT2D eigenvalue weighted by Crippen LogP contribution is -1.91. The molecule has 0 spiro atoms. The fourth-order valence-electron chi connectivity index (χ4n) is 1.14. The van der Waals surface area contributed by atoms with Crippen LogP contribution in [-0.2, 0) is 0 Å². The minimum absolute atomic E-state index is 0.373. The molecule has 0 aliphatic rings. The molecule has 0 N–H and O–H groups in total. The second-order valence-corrected chi connectivity index (χ2v) is 2.89. The Hall–Kier alpha value is -1.90. The van der Waals surface area contributed by atoms with E-state index >= 15 is 0 Å². The lowest BCUT2D eigenvalue weighted by atomic mass is 10.3. The van der Waals surface area contributed by atoms with Crippen LogP contribution in [0.3, 0.4) is 0 Å². The summed E-state index contributed by atoms with van der Waals surface area (Å²) in [6.07, 6.45) is 0. The van der Waals surface area contributed by atoms with E-state index in [0.29, 0.717) is 5.75 Å². The minimum atomic E-state index is -0.720. The Morgan fingerprint density at radius 2 is 1.53 bits per heavy atom. The Kier molecular flexibility index (Phi) is 2.63. The van der Waals surface area contributed by atoms with Crippen LogP contribution in [0.25, 0.3) is 0 Å². The third kappa shape index (κ3) is 2.13. The molecule has 2 aromatic carbocycles. The summed E-state index contributed by atoms with van der Waals surface area (Å²) < 4.78 is 31.4. The second-order valence-electron chi connectivity index (χ2n) is 2.89. The van der Waals surface area contributed by atoms with Gasteiger partial charge in [-0.05, 0) is 30.3 Å². The number of hydrogen-bond donors (Lipinski definition) is 0. The van der Waals surface area contributed by atoms with Crippen molar-refractivity contribution in [3.63, 3.8) is 0 Å². The second kappa shape index (κ2) is 4.09. The normalized spacial score (nSPS) is 10.0. The number of ether oxygens (including phenoxy) is 1. The summed E-state index contributed by atoms with van der Waals surface area (Å²) in [6.45, 7) is 0.